The predicted octanol–water partition coefficient (Wildman–Crippen LogP) is 4.61. The Bertz CT molecular complexity index is 801. The lowest BCUT2D eigenvalue weighted by Gasteiger charge is -2.22. The zero-order chi connectivity index (χ0) is 18.2. The maximum Gasteiger partial charge on any atom is 0.233 e. The normalized spacial score (nSPS) is 10.5. The first-order valence-corrected chi connectivity index (χ1v) is 9.34. The Morgan fingerprint density at radius 1 is 1.00 bits per heavy atom. The molecule has 0 spiro atoms. The molecule has 0 fully saturated rings. The van der Waals surface area contributed by atoms with Crippen molar-refractivity contribution in [2.75, 3.05) is 12.9 Å². The second kappa shape index (κ2) is 9.15. The van der Waals surface area contributed by atoms with Gasteiger partial charge in [-0.3, -0.25) is 4.79 Å². The van der Waals surface area contributed by atoms with Crippen LogP contribution in [0, 0.1) is 0 Å². The van der Waals surface area contributed by atoms with Crippen LogP contribution in [0.5, 0.6) is 5.75 Å². The van der Waals surface area contributed by atoms with Crippen molar-refractivity contribution >= 4 is 17.7 Å². The molecule has 0 N–H and O–H groups in total. The fourth-order valence-electron chi connectivity index (χ4n) is 2.54. The SMILES string of the molecule is COc1ccc(SCC(=O)N(Cc2ccccc2)Cc2ccco2)cc1. The molecule has 0 unspecified atom stereocenters. The predicted molar refractivity (Wildman–Crippen MR) is 103 cm³/mol. The maximum absolute atomic E-state index is 12.8. The topological polar surface area (TPSA) is 42.7 Å². The summed E-state index contributed by atoms with van der Waals surface area (Å²) in [6.07, 6.45) is 1.63. The molecule has 0 aliphatic rings. The molecule has 1 aromatic heterocycles. The van der Waals surface area contributed by atoms with E-state index in [-0.39, 0.29) is 5.91 Å². The van der Waals surface area contributed by atoms with Gasteiger partial charge in [0, 0.05) is 11.4 Å². The largest absolute Gasteiger partial charge is 0.497 e. The van der Waals surface area contributed by atoms with Gasteiger partial charge in [-0.1, -0.05) is 30.3 Å². The van der Waals surface area contributed by atoms with Gasteiger partial charge in [-0.25, -0.2) is 0 Å². The van der Waals surface area contributed by atoms with Gasteiger partial charge in [0.05, 0.1) is 25.7 Å². The average Bonchev–Trinajstić information content (AvgIpc) is 3.20. The third kappa shape index (κ3) is 5.17. The van der Waals surface area contributed by atoms with E-state index in [1.165, 1.54) is 11.8 Å². The highest BCUT2D eigenvalue weighted by Crippen LogP contribution is 2.22. The molecule has 26 heavy (non-hydrogen) atoms. The first-order valence-electron chi connectivity index (χ1n) is 8.35. The second-order valence-corrected chi connectivity index (χ2v) is 6.83. The summed E-state index contributed by atoms with van der Waals surface area (Å²) in [7, 11) is 1.64. The number of thioether (sulfide) groups is 1. The van der Waals surface area contributed by atoms with E-state index in [1.54, 1.807) is 13.4 Å². The quantitative estimate of drug-likeness (QED) is 0.545. The smallest absolute Gasteiger partial charge is 0.233 e. The van der Waals surface area contributed by atoms with Crippen molar-refractivity contribution in [3.8, 4) is 5.75 Å². The lowest BCUT2D eigenvalue weighted by Crippen LogP contribution is -2.31. The van der Waals surface area contributed by atoms with E-state index < -0.39 is 0 Å². The highest BCUT2D eigenvalue weighted by Gasteiger charge is 2.16. The Morgan fingerprint density at radius 2 is 1.77 bits per heavy atom. The van der Waals surface area contributed by atoms with Crippen LogP contribution in [0.25, 0.3) is 0 Å². The molecule has 0 aliphatic carbocycles. The number of hydrogen-bond donors (Lipinski definition) is 0. The molecule has 4 nitrogen and oxygen atoms in total. The molecule has 0 aliphatic heterocycles. The van der Waals surface area contributed by atoms with Gasteiger partial charge in [-0.2, -0.15) is 0 Å². The van der Waals surface area contributed by atoms with Crippen LogP contribution in [0.1, 0.15) is 11.3 Å². The van der Waals surface area contributed by atoms with Crippen LogP contribution < -0.4 is 4.74 Å². The van der Waals surface area contributed by atoms with Crippen molar-refractivity contribution in [1.29, 1.82) is 0 Å². The van der Waals surface area contributed by atoms with Gasteiger partial charge < -0.3 is 14.1 Å². The number of methoxy groups -OCH3 is 1. The summed E-state index contributed by atoms with van der Waals surface area (Å²) >= 11 is 1.52. The zero-order valence-electron chi connectivity index (χ0n) is 14.6. The zero-order valence-corrected chi connectivity index (χ0v) is 15.4. The van der Waals surface area contributed by atoms with Crippen molar-refractivity contribution in [2.45, 2.75) is 18.0 Å². The van der Waals surface area contributed by atoms with Gasteiger partial charge in [0.15, 0.2) is 0 Å². The van der Waals surface area contributed by atoms with Crippen LogP contribution in [-0.2, 0) is 17.9 Å². The van der Waals surface area contributed by atoms with Crippen LogP contribution in [0.3, 0.4) is 0 Å². The van der Waals surface area contributed by atoms with Crippen LogP contribution >= 0.6 is 11.8 Å². The molecule has 3 aromatic rings. The van der Waals surface area contributed by atoms with Gasteiger partial charge in [-0.05, 0) is 42.0 Å². The molecule has 1 heterocycles. The number of benzene rings is 2. The molecular weight excluding hydrogens is 346 g/mol. The lowest BCUT2D eigenvalue weighted by atomic mass is 10.2. The van der Waals surface area contributed by atoms with E-state index in [0.717, 1.165) is 22.0 Å². The van der Waals surface area contributed by atoms with Crippen molar-refractivity contribution < 1.29 is 13.9 Å². The number of amides is 1. The molecule has 5 heteroatoms. The highest BCUT2D eigenvalue weighted by atomic mass is 32.2. The number of furan rings is 1. The maximum atomic E-state index is 12.8. The monoisotopic (exact) mass is 367 g/mol. The van der Waals surface area contributed by atoms with Crippen molar-refractivity contribution in [2.24, 2.45) is 0 Å². The molecule has 0 bridgehead atoms. The van der Waals surface area contributed by atoms with Gasteiger partial charge in [0.25, 0.3) is 0 Å². The van der Waals surface area contributed by atoms with Crippen LogP contribution in [0.2, 0.25) is 0 Å². The molecule has 0 atom stereocenters. The number of hydrogen-bond acceptors (Lipinski definition) is 4. The summed E-state index contributed by atoms with van der Waals surface area (Å²) < 4.78 is 10.6. The molecule has 0 saturated carbocycles. The molecule has 2 aromatic carbocycles. The van der Waals surface area contributed by atoms with E-state index in [1.807, 2.05) is 71.6 Å². The minimum absolute atomic E-state index is 0.0751. The van der Waals surface area contributed by atoms with Crippen molar-refractivity contribution in [3.05, 3.63) is 84.3 Å². The number of rotatable bonds is 8. The number of nitrogens with zero attached hydrogens (tertiary/aromatic N) is 1. The summed E-state index contributed by atoms with van der Waals surface area (Å²) in [5.74, 6) is 2.04. The van der Waals surface area contributed by atoms with Gasteiger partial charge in [0.1, 0.15) is 11.5 Å². The first-order chi connectivity index (χ1) is 12.7. The highest BCUT2D eigenvalue weighted by molar-refractivity contribution is 8.00. The number of carbonyl (C=O) groups excluding carboxylic acids is 1. The summed E-state index contributed by atoms with van der Waals surface area (Å²) in [5, 5.41) is 0. The molecule has 1 amide bonds. The molecule has 0 saturated heterocycles. The first kappa shape index (κ1) is 18.1. The van der Waals surface area contributed by atoms with E-state index in [4.69, 9.17) is 9.15 Å². The van der Waals surface area contributed by atoms with Crippen LogP contribution in [0.4, 0.5) is 0 Å². The van der Waals surface area contributed by atoms with Gasteiger partial charge >= 0.3 is 0 Å². The van der Waals surface area contributed by atoms with Gasteiger partial charge in [0.2, 0.25) is 5.91 Å². The summed E-state index contributed by atoms with van der Waals surface area (Å²) in [6, 6.07) is 21.5. The van der Waals surface area contributed by atoms with Gasteiger partial charge in [-0.15, -0.1) is 11.8 Å². The van der Waals surface area contributed by atoms with E-state index in [0.29, 0.717) is 18.8 Å². The second-order valence-electron chi connectivity index (χ2n) is 5.78. The summed E-state index contributed by atoms with van der Waals surface area (Å²) in [4.78, 5) is 15.7. The van der Waals surface area contributed by atoms with Crippen LogP contribution in [0.15, 0.2) is 82.3 Å². The Morgan fingerprint density at radius 3 is 2.42 bits per heavy atom. The Labute approximate surface area is 157 Å². The van der Waals surface area contributed by atoms with Crippen molar-refractivity contribution in [1.82, 2.24) is 4.90 Å². The lowest BCUT2D eigenvalue weighted by molar-refractivity contribution is -0.129. The molecular formula is C21H21NO3S. The molecule has 134 valence electrons. The fraction of sp³-hybridized carbons (Fsp3) is 0.190. The van der Waals surface area contributed by atoms with Crippen molar-refractivity contribution in [3.63, 3.8) is 0 Å². The third-order valence-electron chi connectivity index (χ3n) is 3.92. The van der Waals surface area contributed by atoms with E-state index in [9.17, 15) is 4.79 Å². The Kier molecular flexibility index (Phi) is 6.39. The average molecular weight is 367 g/mol. The van der Waals surface area contributed by atoms with E-state index in [2.05, 4.69) is 0 Å². The summed E-state index contributed by atoms with van der Waals surface area (Å²) in [5.41, 5.74) is 1.10. The number of carbonyl (C=O) groups is 1. The minimum Gasteiger partial charge on any atom is -0.497 e. The fourth-order valence-corrected chi connectivity index (χ4v) is 3.34. The number of ether oxygens (including phenoxy) is 1. The minimum atomic E-state index is 0.0751. The van der Waals surface area contributed by atoms with Crippen LogP contribution in [-0.4, -0.2) is 23.7 Å². The van der Waals surface area contributed by atoms with E-state index >= 15 is 0 Å². The summed E-state index contributed by atoms with van der Waals surface area (Å²) in [6.45, 7) is 1.02. The molecule has 0 radical (unpaired) electrons. The molecule has 3 rings (SSSR count). The Hall–Kier alpha value is -2.66. The Balaban J connectivity index is 1.65. The third-order valence-corrected chi connectivity index (χ3v) is 4.91. The standard InChI is InChI=1S/C21H21NO3S/c1-24-18-9-11-20(12-10-18)26-16-21(23)22(15-19-8-5-13-25-19)14-17-6-3-2-4-7-17/h2-13H,14-16H2,1H3.